The zero-order valence-electron chi connectivity index (χ0n) is 8.16. The third-order valence-electron chi connectivity index (χ3n) is 1.79. The second kappa shape index (κ2) is 4.72. The first-order chi connectivity index (χ1) is 6.31. The Morgan fingerprint density at radius 1 is 1.08 bits per heavy atom. The van der Waals surface area contributed by atoms with Crippen LogP contribution in [-0.4, -0.2) is 21.3 Å². The number of benzene rings is 1. The fourth-order valence-electron chi connectivity index (χ4n) is 1.15. The Hall–Kier alpha value is -1.22. The summed E-state index contributed by atoms with van der Waals surface area (Å²) in [7, 11) is 4.93. The predicted octanol–water partition coefficient (Wildman–Crippen LogP) is 1.85. The molecule has 0 spiro atoms. The van der Waals surface area contributed by atoms with Crippen LogP contribution in [0.3, 0.4) is 0 Å². The molecule has 0 fully saturated rings. The molecule has 0 bridgehead atoms. The maximum atomic E-state index is 5.16. The van der Waals surface area contributed by atoms with E-state index in [1.165, 1.54) is 0 Å². The molecule has 1 rings (SSSR count). The lowest BCUT2D eigenvalue weighted by Gasteiger charge is -2.09. The van der Waals surface area contributed by atoms with Crippen molar-refractivity contribution in [2.45, 2.75) is 6.61 Å². The first-order valence-corrected chi connectivity index (χ1v) is 4.01. The molecule has 0 unspecified atom stereocenters. The normalized spacial score (nSPS) is 9.77. The summed E-state index contributed by atoms with van der Waals surface area (Å²) < 4.78 is 15.3. The number of methoxy groups -OCH3 is 3. The van der Waals surface area contributed by atoms with E-state index in [1.807, 2.05) is 18.2 Å². The first kappa shape index (κ1) is 9.86. The molecule has 3 heteroatoms. The molecular weight excluding hydrogens is 168 g/mol. The van der Waals surface area contributed by atoms with Gasteiger partial charge >= 0.3 is 0 Å². The van der Waals surface area contributed by atoms with Gasteiger partial charge in [-0.15, -0.1) is 0 Å². The molecule has 1 aromatic rings. The Labute approximate surface area is 78.2 Å². The fourth-order valence-corrected chi connectivity index (χ4v) is 1.15. The minimum absolute atomic E-state index is 0.528. The molecule has 13 heavy (non-hydrogen) atoms. The molecular formula is C10H14O3. The zero-order valence-corrected chi connectivity index (χ0v) is 8.16. The van der Waals surface area contributed by atoms with E-state index < -0.39 is 0 Å². The van der Waals surface area contributed by atoms with Crippen molar-refractivity contribution in [1.82, 2.24) is 0 Å². The predicted molar refractivity (Wildman–Crippen MR) is 50.3 cm³/mol. The summed E-state index contributed by atoms with van der Waals surface area (Å²) in [6, 6.07) is 5.63. The van der Waals surface area contributed by atoms with Crippen molar-refractivity contribution in [3.05, 3.63) is 23.8 Å². The molecule has 0 heterocycles. The van der Waals surface area contributed by atoms with Crippen molar-refractivity contribution in [2.24, 2.45) is 0 Å². The SMILES string of the molecule is COCc1cc(OC)ccc1OC. The summed E-state index contributed by atoms with van der Waals surface area (Å²) in [4.78, 5) is 0. The Bertz CT molecular complexity index is 271. The third kappa shape index (κ3) is 2.36. The van der Waals surface area contributed by atoms with Gasteiger partial charge in [0.15, 0.2) is 0 Å². The average Bonchev–Trinajstić information content (AvgIpc) is 2.18. The van der Waals surface area contributed by atoms with Crippen LogP contribution in [-0.2, 0) is 11.3 Å². The van der Waals surface area contributed by atoms with Crippen molar-refractivity contribution in [2.75, 3.05) is 21.3 Å². The van der Waals surface area contributed by atoms with E-state index in [-0.39, 0.29) is 0 Å². The highest BCUT2D eigenvalue weighted by molar-refractivity contribution is 5.39. The van der Waals surface area contributed by atoms with Gasteiger partial charge in [0, 0.05) is 12.7 Å². The van der Waals surface area contributed by atoms with Gasteiger partial charge in [-0.3, -0.25) is 0 Å². The van der Waals surface area contributed by atoms with Crippen molar-refractivity contribution in [1.29, 1.82) is 0 Å². The van der Waals surface area contributed by atoms with Crippen molar-refractivity contribution < 1.29 is 14.2 Å². The molecule has 0 saturated carbocycles. The highest BCUT2D eigenvalue weighted by atomic mass is 16.5. The summed E-state index contributed by atoms with van der Waals surface area (Å²) in [5.74, 6) is 1.63. The molecule has 0 N–H and O–H groups in total. The van der Waals surface area contributed by atoms with E-state index in [2.05, 4.69) is 0 Å². The number of rotatable bonds is 4. The van der Waals surface area contributed by atoms with E-state index in [0.29, 0.717) is 6.61 Å². The van der Waals surface area contributed by atoms with Crippen LogP contribution in [0.25, 0.3) is 0 Å². The molecule has 0 saturated heterocycles. The van der Waals surface area contributed by atoms with Gasteiger partial charge < -0.3 is 14.2 Å². The highest BCUT2D eigenvalue weighted by Crippen LogP contribution is 2.24. The first-order valence-electron chi connectivity index (χ1n) is 4.01. The number of ether oxygens (including phenoxy) is 3. The van der Waals surface area contributed by atoms with Gasteiger partial charge in [0.05, 0.1) is 20.8 Å². The molecule has 0 aliphatic heterocycles. The lowest BCUT2D eigenvalue weighted by Crippen LogP contribution is -1.94. The van der Waals surface area contributed by atoms with E-state index in [9.17, 15) is 0 Å². The number of hydrogen-bond donors (Lipinski definition) is 0. The smallest absolute Gasteiger partial charge is 0.124 e. The Morgan fingerprint density at radius 3 is 2.38 bits per heavy atom. The van der Waals surface area contributed by atoms with Gasteiger partial charge in [-0.05, 0) is 18.2 Å². The Morgan fingerprint density at radius 2 is 1.85 bits per heavy atom. The summed E-state index contributed by atoms with van der Waals surface area (Å²) in [5.41, 5.74) is 0.990. The molecule has 0 atom stereocenters. The maximum Gasteiger partial charge on any atom is 0.124 e. The van der Waals surface area contributed by atoms with Crippen molar-refractivity contribution in [3.63, 3.8) is 0 Å². The summed E-state index contributed by atoms with van der Waals surface area (Å²) in [6.07, 6.45) is 0. The van der Waals surface area contributed by atoms with Crippen LogP contribution in [0.2, 0.25) is 0 Å². The summed E-state index contributed by atoms with van der Waals surface area (Å²) in [5, 5.41) is 0. The van der Waals surface area contributed by atoms with Gasteiger partial charge in [-0.1, -0.05) is 0 Å². The van der Waals surface area contributed by atoms with Crippen LogP contribution >= 0.6 is 0 Å². The van der Waals surface area contributed by atoms with Crippen LogP contribution < -0.4 is 9.47 Å². The van der Waals surface area contributed by atoms with Gasteiger partial charge in [0.25, 0.3) is 0 Å². The quantitative estimate of drug-likeness (QED) is 0.711. The lowest BCUT2D eigenvalue weighted by atomic mass is 10.2. The summed E-state index contributed by atoms with van der Waals surface area (Å²) >= 11 is 0. The van der Waals surface area contributed by atoms with Crippen LogP contribution in [0.1, 0.15) is 5.56 Å². The van der Waals surface area contributed by atoms with Crippen LogP contribution in [0.5, 0.6) is 11.5 Å². The Kier molecular flexibility index (Phi) is 3.58. The molecule has 3 nitrogen and oxygen atoms in total. The maximum absolute atomic E-state index is 5.16. The van der Waals surface area contributed by atoms with Crippen LogP contribution in [0.15, 0.2) is 18.2 Å². The minimum atomic E-state index is 0.528. The minimum Gasteiger partial charge on any atom is -0.497 e. The lowest BCUT2D eigenvalue weighted by molar-refractivity contribution is 0.181. The standard InChI is InChI=1S/C10H14O3/c1-11-7-8-6-9(12-2)4-5-10(8)13-3/h4-6H,7H2,1-3H3. The number of hydrogen-bond acceptors (Lipinski definition) is 3. The third-order valence-corrected chi connectivity index (χ3v) is 1.79. The molecule has 72 valence electrons. The van der Waals surface area contributed by atoms with Gasteiger partial charge in [-0.2, -0.15) is 0 Å². The second-order valence-corrected chi connectivity index (χ2v) is 2.61. The monoisotopic (exact) mass is 182 g/mol. The van der Waals surface area contributed by atoms with Crippen LogP contribution in [0, 0.1) is 0 Å². The van der Waals surface area contributed by atoms with E-state index in [4.69, 9.17) is 14.2 Å². The molecule has 0 radical (unpaired) electrons. The molecule has 0 amide bonds. The van der Waals surface area contributed by atoms with Crippen molar-refractivity contribution in [3.8, 4) is 11.5 Å². The summed E-state index contributed by atoms with van der Waals surface area (Å²) in [6.45, 7) is 0.528. The van der Waals surface area contributed by atoms with E-state index in [0.717, 1.165) is 17.1 Å². The van der Waals surface area contributed by atoms with Gasteiger partial charge in [-0.25, -0.2) is 0 Å². The van der Waals surface area contributed by atoms with Gasteiger partial charge in [0.1, 0.15) is 11.5 Å². The van der Waals surface area contributed by atoms with Gasteiger partial charge in [0.2, 0.25) is 0 Å². The average molecular weight is 182 g/mol. The largest absolute Gasteiger partial charge is 0.497 e. The molecule has 0 aliphatic carbocycles. The second-order valence-electron chi connectivity index (χ2n) is 2.61. The molecule has 0 aliphatic rings. The molecule has 0 aromatic heterocycles. The highest BCUT2D eigenvalue weighted by Gasteiger charge is 2.03. The van der Waals surface area contributed by atoms with Crippen molar-refractivity contribution >= 4 is 0 Å². The zero-order chi connectivity index (χ0) is 9.68. The van der Waals surface area contributed by atoms with E-state index in [1.54, 1.807) is 21.3 Å². The topological polar surface area (TPSA) is 27.7 Å². The van der Waals surface area contributed by atoms with Crippen LogP contribution in [0.4, 0.5) is 0 Å². The fraction of sp³-hybridized carbons (Fsp3) is 0.400. The Balaban J connectivity index is 2.95. The van der Waals surface area contributed by atoms with E-state index >= 15 is 0 Å². The molecule has 1 aromatic carbocycles.